The van der Waals surface area contributed by atoms with Gasteiger partial charge < -0.3 is 20.4 Å². The van der Waals surface area contributed by atoms with Gasteiger partial charge >= 0.3 is 0 Å². The maximum atomic E-state index is 14.2. The molecule has 4 N–H and O–H groups in total. The Hall–Kier alpha value is -3.26. The maximum absolute atomic E-state index is 14.2. The molecule has 226 valence electrons. The highest BCUT2D eigenvalue weighted by molar-refractivity contribution is 6.25. The molecule has 0 radical (unpaired) electrons. The van der Waals surface area contributed by atoms with Crippen molar-refractivity contribution >= 4 is 23.1 Å². The average molecular weight is 579 g/mol. The summed E-state index contributed by atoms with van der Waals surface area (Å²) in [6.45, 7) is 8.13. The lowest BCUT2D eigenvalue weighted by Crippen LogP contribution is -2.67. The summed E-state index contributed by atoms with van der Waals surface area (Å²) in [5.41, 5.74) is -4.54. The molecular formula is C34H42O8. The van der Waals surface area contributed by atoms with Gasteiger partial charge in [-0.15, -0.1) is 0 Å². The van der Waals surface area contributed by atoms with E-state index in [1.807, 2.05) is 0 Å². The Morgan fingerprint density at radius 1 is 1.02 bits per heavy atom. The number of aryl methyl sites for hydroxylation is 1. The van der Waals surface area contributed by atoms with Crippen LogP contribution >= 0.6 is 0 Å². The van der Waals surface area contributed by atoms with E-state index in [-0.39, 0.29) is 47.3 Å². The van der Waals surface area contributed by atoms with E-state index in [4.69, 9.17) is 0 Å². The largest absolute Gasteiger partial charge is 0.511 e. The molecule has 1 fully saturated rings. The molecule has 0 bridgehead atoms. The van der Waals surface area contributed by atoms with Gasteiger partial charge in [-0.05, 0) is 62.1 Å². The van der Waals surface area contributed by atoms with Gasteiger partial charge in [0.25, 0.3) is 0 Å². The van der Waals surface area contributed by atoms with Crippen LogP contribution in [0.2, 0.25) is 0 Å². The number of Topliss-reactive ketones (excluding diaryl/α,β-unsaturated/α-hetero) is 4. The molecule has 0 saturated heterocycles. The number of hydrogen-bond donors (Lipinski definition) is 4. The Bertz CT molecular complexity index is 1460. The molecule has 4 aliphatic rings. The second-order valence-electron chi connectivity index (χ2n) is 13.9. The number of phenolic OH excluding ortho intramolecular Hbond substituents is 1. The minimum absolute atomic E-state index is 0.00214. The number of rotatable bonds is 6. The first-order valence-electron chi connectivity index (χ1n) is 15.2. The number of benzene rings is 1. The summed E-state index contributed by atoms with van der Waals surface area (Å²) in [4.78, 5) is 53.4. The smallest absolute Gasteiger partial charge is 0.209 e. The fourth-order valence-electron chi connectivity index (χ4n) is 8.91. The van der Waals surface area contributed by atoms with Crippen LogP contribution in [0.15, 0.2) is 34.8 Å². The Morgan fingerprint density at radius 3 is 2.26 bits per heavy atom. The summed E-state index contributed by atoms with van der Waals surface area (Å²) in [6, 6.07) is 3.15. The monoisotopic (exact) mass is 578 g/mol. The van der Waals surface area contributed by atoms with Crippen molar-refractivity contribution in [1.82, 2.24) is 0 Å². The predicted octanol–water partition coefficient (Wildman–Crippen LogP) is 5.43. The first-order chi connectivity index (χ1) is 19.6. The van der Waals surface area contributed by atoms with E-state index in [9.17, 15) is 39.6 Å². The van der Waals surface area contributed by atoms with Crippen LogP contribution in [0.3, 0.4) is 0 Å². The standard InChI is InChI=1S/C34H42O8/c1-17(2)26-28(38)24(18(3)35)30(40)34(42)31(41)27-29(39)25-21(15-32(27,4)16-33(26,34)5)19(12-14-23(25)37)11-13-22(36)20-9-7-6-8-10-20/h12,14,17,20,26,37-38,41-42H,6-11,13,15-16H2,1-5H3/t26?,32-,33-,34+/m1/s1. The molecule has 1 aromatic rings. The molecule has 4 atom stereocenters. The van der Waals surface area contributed by atoms with E-state index < -0.39 is 56.8 Å². The fourth-order valence-corrected chi connectivity index (χ4v) is 8.91. The molecule has 0 aromatic heterocycles. The van der Waals surface area contributed by atoms with Gasteiger partial charge in [0.05, 0.1) is 5.56 Å². The second kappa shape index (κ2) is 10.2. The quantitative estimate of drug-likeness (QED) is 0.327. The molecule has 0 heterocycles. The predicted molar refractivity (Wildman–Crippen MR) is 155 cm³/mol. The number of phenols is 1. The van der Waals surface area contributed by atoms with Crippen molar-refractivity contribution in [1.29, 1.82) is 0 Å². The number of hydrogen-bond acceptors (Lipinski definition) is 8. The van der Waals surface area contributed by atoms with E-state index in [1.165, 1.54) is 6.07 Å². The topological polar surface area (TPSA) is 149 Å². The SMILES string of the molecule is CC(=O)C1=C(O)C(C(C)C)[C@@]2(C)C[C@@]3(C)Cc4c(CCC(=O)C5CCCCC5)ccc(O)c4C(=O)C3=C(O)[C@@]2(O)C1=O. The first-order valence-corrected chi connectivity index (χ1v) is 15.2. The third-order valence-corrected chi connectivity index (χ3v) is 10.7. The summed E-state index contributed by atoms with van der Waals surface area (Å²) in [5.74, 6) is -5.00. The summed E-state index contributed by atoms with van der Waals surface area (Å²) in [7, 11) is 0. The van der Waals surface area contributed by atoms with Crippen LogP contribution in [0.1, 0.15) is 101 Å². The van der Waals surface area contributed by atoms with Gasteiger partial charge in [0.1, 0.15) is 28.6 Å². The molecule has 4 aliphatic carbocycles. The normalized spacial score (nSPS) is 31.6. The molecule has 1 saturated carbocycles. The van der Waals surface area contributed by atoms with E-state index in [0.717, 1.165) is 44.6 Å². The van der Waals surface area contributed by atoms with Crippen molar-refractivity contribution in [3.63, 3.8) is 0 Å². The molecule has 1 unspecified atom stereocenters. The summed E-state index contributed by atoms with van der Waals surface area (Å²) < 4.78 is 0. The van der Waals surface area contributed by atoms with Gasteiger partial charge in [0, 0.05) is 34.7 Å². The van der Waals surface area contributed by atoms with Crippen molar-refractivity contribution in [2.45, 2.75) is 98.0 Å². The average Bonchev–Trinajstić information content (AvgIpc) is 2.90. The van der Waals surface area contributed by atoms with Crippen LogP contribution < -0.4 is 0 Å². The molecule has 0 aliphatic heterocycles. The molecule has 0 spiro atoms. The minimum Gasteiger partial charge on any atom is -0.511 e. The number of fused-ring (bicyclic) bond motifs is 3. The third-order valence-electron chi connectivity index (χ3n) is 10.7. The van der Waals surface area contributed by atoms with Gasteiger partial charge in [-0.1, -0.05) is 53.0 Å². The van der Waals surface area contributed by atoms with Gasteiger partial charge in [0.15, 0.2) is 17.2 Å². The molecule has 5 rings (SSSR count). The van der Waals surface area contributed by atoms with Crippen molar-refractivity contribution in [2.75, 3.05) is 0 Å². The van der Waals surface area contributed by atoms with E-state index in [2.05, 4.69) is 0 Å². The van der Waals surface area contributed by atoms with Crippen LogP contribution in [-0.4, -0.2) is 49.2 Å². The third kappa shape index (κ3) is 4.12. The van der Waals surface area contributed by atoms with Crippen LogP contribution in [0.25, 0.3) is 0 Å². The number of carbonyl (C=O) groups is 4. The lowest BCUT2D eigenvalue weighted by molar-refractivity contribution is -0.171. The van der Waals surface area contributed by atoms with Crippen LogP contribution in [0.4, 0.5) is 0 Å². The zero-order chi connectivity index (χ0) is 30.9. The highest BCUT2D eigenvalue weighted by atomic mass is 16.3. The highest BCUT2D eigenvalue weighted by Gasteiger charge is 2.71. The van der Waals surface area contributed by atoms with E-state index >= 15 is 0 Å². The fraction of sp³-hybridized carbons (Fsp3) is 0.588. The van der Waals surface area contributed by atoms with Gasteiger partial charge in [0.2, 0.25) is 5.78 Å². The molecular weight excluding hydrogens is 536 g/mol. The molecule has 0 amide bonds. The van der Waals surface area contributed by atoms with E-state index in [0.29, 0.717) is 18.4 Å². The Labute approximate surface area is 246 Å². The van der Waals surface area contributed by atoms with Gasteiger partial charge in [-0.3, -0.25) is 19.2 Å². The number of carbonyl (C=O) groups excluding carboxylic acids is 4. The first kappa shape index (κ1) is 30.2. The Morgan fingerprint density at radius 2 is 1.67 bits per heavy atom. The Kier molecular flexibility index (Phi) is 7.32. The van der Waals surface area contributed by atoms with Crippen LogP contribution in [0.5, 0.6) is 5.75 Å². The van der Waals surface area contributed by atoms with Crippen molar-refractivity contribution < 1.29 is 39.6 Å². The molecule has 8 nitrogen and oxygen atoms in total. The van der Waals surface area contributed by atoms with Gasteiger partial charge in [-0.2, -0.15) is 0 Å². The van der Waals surface area contributed by atoms with Crippen molar-refractivity contribution in [3.8, 4) is 5.75 Å². The zero-order valence-corrected chi connectivity index (χ0v) is 25.2. The van der Waals surface area contributed by atoms with Crippen molar-refractivity contribution in [2.24, 2.45) is 28.6 Å². The van der Waals surface area contributed by atoms with Crippen LogP contribution in [-0.2, 0) is 27.2 Å². The lowest BCUT2D eigenvalue weighted by Gasteiger charge is -2.59. The number of aliphatic hydroxyl groups excluding tert-OH is 2. The maximum Gasteiger partial charge on any atom is 0.209 e. The lowest BCUT2D eigenvalue weighted by atomic mass is 9.44. The summed E-state index contributed by atoms with van der Waals surface area (Å²) >= 11 is 0. The summed E-state index contributed by atoms with van der Waals surface area (Å²) in [6.07, 6.45) is 6.06. The molecule has 42 heavy (non-hydrogen) atoms. The Balaban J connectivity index is 1.63. The minimum atomic E-state index is -2.63. The number of aromatic hydroxyl groups is 1. The second-order valence-corrected chi connectivity index (χ2v) is 13.9. The number of ketones is 4. The number of aliphatic hydroxyl groups is 3. The highest BCUT2D eigenvalue weighted by Crippen LogP contribution is 2.65. The van der Waals surface area contributed by atoms with Crippen LogP contribution in [0, 0.1) is 28.6 Å². The van der Waals surface area contributed by atoms with E-state index in [1.54, 1.807) is 33.8 Å². The number of allylic oxidation sites excluding steroid dienone is 2. The molecule has 8 heteroatoms. The van der Waals surface area contributed by atoms with Gasteiger partial charge in [-0.25, -0.2) is 0 Å². The van der Waals surface area contributed by atoms with Crippen molar-refractivity contribution in [3.05, 3.63) is 51.5 Å². The molecule has 1 aromatic carbocycles. The summed E-state index contributed by atoms with van der Waals surface area (Å²) in [5, 5.41) is 46.0. The zero-order valence-electron chi connectivity index (χ0n) is 25.2.